The van der Waals surface area contributed by atoms with E-state index in [2.05, 4.69) is 15.6 Å². The average molecular weight is 285 g/mol. The maximum atomic E-state index is 12.4. The molecule has 1 aromatic heterocycles. The van der Waals surface area contributed by atoms with Gasteiger partial charge in [-0.1, -0.05) is 12.1 Å². The number of hydrogen-bond donors (Lipinski definition) is 2. The van der Waals surface area contributed by atoms with Crippen LogP contribution in [0.4, 0.5) is 11.4 Å². The van der Waals surface area contributed by atoms with Gasteiger partial charge in [0.05, 0.1) is 29.7 Å². The highest BCUT2D eigenvalue weighted by Gasteiger charge is 2.13. The van der Waals surface area contributed by atoms with E-state index in [9.17, 15) is 4.79 Å². The van der Waals surface area contributed by atoms with E-state index >= 15 is 0 Å². The number of pyridine rings is 1. The SMILES string of the molecule is CCNc1cnccc1C(=O)Nc1ccccc1OCC. The quantitative estimate of drug-likeness (QED) is 0.855. The Morgan fingerprint density at radius 1 is 1.19 bits per heavy atom. The summed E-state index contributed by atoms with van der Waals surface area (Å²) in [6.07, 6.45) is 3.25. The van der Waals surface area contributed by atoms with E-state index in [1.54, 1.807) is 18.5 Å². The van der Waals surface area contributed by atoms with Gasteiger partial charge in [0, 0.05) is 12.7 Å². The molecule has 2 N–H and O–H groups in total. The lowest BCUT2D eigenvalue weighted by Gasteiger charge is -2.13. The van der Waals surface area contributed by atoms with Crippen LogP contribution in [0.3, 0.4) is 0 Å². The van der Waals surface area contributed by atoms with Gasteiger partial charge in [-0.2, -0.15) is 0 Å². The van der Waals surface area contributed by atoms with Crippen molar-refractivity contribution in [3.8, 4) is 5.75 Å². The van der Waals surface area contributed by atoms with Crippen LogP contribution in [0.2, 0.25) is 0 Å². The second-order valence-electron chi connectivity index (χ2n) is 4.33. The lowest BCUT2D eigenvalue weighted by Crippen LogP contribution is -2.15. The van der Waals surface area contributed by atoms with E-state index in [-0.39, 0.29) is 5.91 Å². The number of carbonyl (C=O) groups is 1. The smallest absolute Gasteiger partial charge is 0.257 e. The Kier molecular flexibility index (Phi) is 5.15. The molecule has 0 radical (unpaired) electrons. The van der Waals surface area contributed by atoms with Crippen LogP contribution in [0.5, 0.6) is 5.75 Å². The van der Waals surface area contributed by atoms with Gasteiger partial charge in [-0.05, 0) is 32.0 Å². The van der Waals surface area contributed by atoms with E-state index in [1.165, 1.54) is 0 Å². The first-order valence-corrected chi connectivity index (χ1v) is 6.97. The van der Waals surface area contributed by atoms with E-state index in [4.69, 9.17) is 4.74 Å². The minimum absolute atomic E-state index is 0.194. The highest BCUT2D eigenvalue weighted by Crippen LogP contribution is 2.25. The highest BCUT2D eigenvalue weighted by atomic mass is 16.5. The lowest BCUT2D eigenvalue weighted by atomic mass is 10.2. The number of hydrogen-bond acceptors (Lipinski definition) is 4. The first-order chi connectivity index (χ1) is 10.3. The van der Waals surface area contributed by atoms with Crippen LogP contribution in [0.25, 0.3) is 0 Å². The number of nitrogens with zero attached hydrogens (tertiary/aromatic N) is 1. The third-order valence-electron chi connectivity index (χ3n) is 2.87. The van der Waals surface area contributed by atoms with Crippen LogP contribution >= 0.6 is 0 Å². The standard InChI is InChI=1S/C16H19N3O2/c1-3-18-14-11-17-10-9-12(14)16(20)19-13-7-5-6-8-15(13)21-4-2/h5-11,18H,3-4H2,1-2H3,(H,19,20). The number of aromatic nitrogens is 1. The maximum Gasteiger partial charge on any atom is 0.257 e. The van der Waals surface area contributed by atoms with E-state index < -0.39 is 0 Å². The number of carbonyl (C=O) groups excluding carboxylic acids is 1. The second-order valence-corrected chi connectivity index (χ2v) is 4.33. The van der Waals surface area contributed by atoms with E-state index in [0.717, 1.165) is 6.54 Å². The van der Waals surface area contributed by atoms with Crippen LogP contribution in [0.1, 0.15) is 24.2 Å². The summed E-state index contributed by atoms with van der Waals surface area (Å²) in [6.45, 7) is 5.15. The van der Waals surface area contributed by atoms with Gasteiger partial charge in [-0.3, -0.25) is 9.78 Å². The number of para-hydroxylation sites is 2. The van der Waals surface area contributed by atoms with Crippen molar-refractivity contribution in [2.24, 2.45) is 0 Å². The number of amides is 1. The fourth-order valence-corrected chi connectivity index (χ4v) is 1.96. The Labute approximate surface area is 124 Å². The predicted molar refractivity (Wildman–Crippen MR) is 84.0 cm³/mol. The third-order valence-corrected chi connectivity index (χ3v) is 2.87. The summed E-state index contributed by atoms with van der Waals surface area (Å²) in [5.41, 5.74) is 1.92. The molecule has 0 bridgehead atoms. The summed E-state index contributed by atoms with van der Waals surface area (Å²) in [4.78, 5) is 16.5. The van der Waals surface area contributed by atoms with Crippen molar-refractivity contribution in [2.45, 2.75) is 13.8 Å². The highest BCUT2D eigenvalue weighted by molar-refractivity contribution is 6.08. The largest absolute Gasteiger partial charge is 0.492 e. The molecule has 0 aliphatic rings. The molecule has 110 valence electrons. The molecule has 0 saturated carbocycles. The molecule has 0 saturated heterocycles. The van der Waals surface area contributed by atoms with Gasteiger partial charge in [0.25, 0.3) is 5.91 Å². The summed E-state index contributed by atoms with van der Waals surface area (Å²) in [5.74, 6) is 0.466. The fourth-order valence-electron chi connectivity index (χ4n) is 1.96. The lowest BCUT2D eigenvalue weighted by molar-refractivity contribution is 0.102. The van der Waals surface area contributed by atoms with Crippen molar-refractivity contribution in [2.75, 3.05) is 23.8 Å². The van der Waals surface area contributed by atoms with Crippen LogP contribution in [-0.4, -0.2) is 24.0 Å². The minimum atomic E-state index is -0.194. The van der Waals surface area contributed by atoms with Crippen molar-refractivity contribution in [1.29, 1.82) is 0 Å². The predicted octanol–water partition coefficient (Wildman–Crippen LogP) is 3.16. The first kappa shape index (κ1) is 14.8. The summed E-state index contributed by atoms with van der Waals surface area (Å²) in [5, 5.41) is 6.01. The van der Waals surface area contributed by atoms with Crippen LogP contribution < -0.4 is 15.4 Å². The minimum Gasteiger partial charge on any atom is -0.492 e. The van der Waals surface area contributed by atoms with Gasteiger partial charge in [0.2, 0.25) is 0 Å². The molecule has 21 heavy (non-hydrogen) atoms. The van der Waals surface area contributed by atoms with Crippen LogP contribution in [0.15, 0.2) is 42.7 Å². The number of rotatable bonds is 6. The Morgan fingerprint density at radius 3 is 2.76 bits per heavy atom. The van der Waals surface area contributed by atoms with Gasteiger partial charge >= 0.3 is 0 Å². The van der Waals surface area contributed by atoms with Crippen molar-refractivity contribution in [3.63, 3.8) is 0 Å². The third kappa shape index (κ3) is 3.72. The Hall–Kier alpha value is -2.56. The second kappa shape index (κ2) is 7.28. The maximum absolute atomic E-state index is 12.4. The number of nitrogens with one attached hydrogen (secondary N) is 2. The van der Waals surface area contributed by atoms with Crippen molar-refractivity contribution < 1.29 is 9.53 Å². The molecule has 0 unspecified atom stereocenters. The average Bonchev–Trinajstić information content (AvgIpc) is 2.50. The van der Waals surface area contributed by atoms with Gasteiger partial charge in [0.15, 0.2) is 0 Å². The molecule has 1 heterocycles. The molecule has 0 fully saturated rings. The molecule has 1 aromatic carbocycles. The molecule has 5 nitrogen and oxygen atoms in total. The fraction of sp³-hybridized carbons (Fsp3) is 0.250. The summed E-state index contributed by atoms with van der Waals surface area (Å²) >= 11 is 0. The van der Waals surface area contributed by atoms with Crippen LogP contribution in [0, 0.1) is 0 Å². The van der Waals surface area contributed by atoms with Gasteiger partial charge in [-0.15, -0.1) is 0 Å². The molecule has 0 aliphatic heterocycles. The summed E-state index contributed by atoms with van der Waals surface area (Å²) in [7, 11) is 0. The molecule has 2 aromatic rings. The molecule has 2 rings (SSSR count). The zero-order valence-electron chi connectivity index (χ0n) is 12.2. The Balaban J connectivity index is 2.22. The van der Waals surface area contributed by atoms with E-state index in [0.29, 0.717) is 29.3 Å². The molecule has 0 aliphatic carbocycles. The molecule has 5 heteroatoms. The molecule has 0 atom stereocenters. The van der Waals surface area contributed by atoms with E-state index in [1.807, 2.05) is 38.1 Å². The normalized spacial score (nSPS) is 10.0. The summed E-state index contributed by atoms with van der Waals surface area (Å²) in [6, 6.07) is 9.07. The Bertz CT molecular complexity index is 614. The Morgan fingerprint density at radius 2 is 2.00 bits per heavy atom. The van der Waals surface area contributed by atoms with Crippen molar-refractivity contribution in [1.82, 2.24) is 4.98 Å². The van der Waals surface area contributed by atoms with Crippen molar-refractivity contribution >= 4 is 17.3 Å². The number of anilines is 2. The zero-order valence-corrected chi connectivity index (χ0v) is 12.2. The first-order valence-electron chi connectivity index (χ1n) is 6.97. The molecule has 1 amide bonds. The van der Waals surface area contributed by atoms with Crippen molar-refractivity contribution in [3.05, 3.63) is 48.3 Å². The molecule has 0 spiro atoms. The summed E-state index contributed by atoms with van der Waals surface area (Å²) < 4.78 is 5.51. The molecular weight excluding hydrogens is 266 g/mol. The van der Waals surface area contributed by atoms with Gasteiger partial charge < -0.3 is 15.4 Å². The van der Waals surface area contributed by atoms with Gasteiger partial charge in [-0.25, -0.2) is 0 Å². The zero-order chi connectivity index (χ0) is 15.1. The van der Waals surface area contributed by atoms with Gasteiger partial charge in [0.1, 0.15) is 5.75 Å². The molecular formula is C16H19N3O2. The monoisotopic (exact) mass is 285 g/mol. The number of ether oxygens (including phenoxy) is 1. The number of benzene rings is 1. The van der Waals surface area contributed by atoms with Crippen LogP contribution in [-0.2, 0) is 0 Å². The topological polar surface area (TPSA) is 63.2 Å².